The lowest BCUT2D eigenvalue weighted by molar-refractivity contribution is 0.102. The Hall–Kier alpha value is -3.04. The predicted molar refractivity (Wildman–Crippen MR) is 102 cm³/mol. The maximum atomic E-state index is 12.6. The Morgan fingerprint density at radius 2 is 1.81 bits per heavy atom. The largest absolute Gasteiger partial charge is 0.322 e. The summed E-state index contributed by atoms with van der Waals surface area (Å²) in [6.07, 6.45) is 1.64. The fraction of sp³-hybridized carbons (Fsp3) is 0.167. The van der Waals surface area contributed by atoms with Crippen molar-refractivity contribution in [2.45, 2.75) is 18.7 Å². The van der Waals surface area contributed by atoms with Gasteiger partial charge in [-0.2, -0.15) is 0 Å². The van der Waals surface area contributed by atoms with Gasteiger partial charge in [-0.05, 0) is 49.2 Å². The SMILES string of the molecule is Cc1cc(S(N)(=O)=O)cc(NC(=O)c2ccc(-c3cnnn3C)cc2)c1C. The van der Waals surface area contributed by atoms with Crippen LogP contribution in [0.1, 0.15) is 21.5 Å². The smallest absolute Gasteiger partial charge is 0.255 e. The molecule has 3 N–H and O–H groups in total. The standard InChI is InChI=1S/C18H19N5O3S/c1-11-8-15(27(19,25)26)9-16(12(11)2)21-18(24)14-6-4-13(5-7-14)17-10-20-22-23(17)3/h4-10H,1-3H3,(H,21,24)(H2,19,25,26). The topological polar surface area (TPSA) is 120 Å². The zero-order valence-corrected chi connectivity index (χ0v) is 15.9. The van der Waals surface area contributed by atoms with Crippen LogP contribution >= 0.6 is 0 Å². The third kappa shape index (κ3) is 3.88. The molecule has 2 aromatic carbocycles. The van der Waals surface area contributed by atoms with Gasteiger partial charge in [0.1, 0.15) is 0 Å². The minimum atomic E-state index is -3.87. The van der Waals surface area contributed by atoms with Crippen LogP contribution in [0.2, 0.25) is 0 Å². The van der Waals surface area contributed by atoms with Crippen LogP contribution in [0, 0.1) is 13.8 Å². The average Bonchev–Trinajstić information content (AvgIpc) is 3.04. The van der Waals surface area contributed by atoms with Crippen LogP contribution in [0.5, 0.6) is 0 Å². The van der Waals surface area contributed by atoms with E-state index in [1.165, 1.54) is 12.1 Å². The van der Waals surface area contributed by atoms with Crippen LogP contribution in [0.15, 0.2) is 47.5 Å². The molecule has 140 valence electrons. The third-order valence-electron chi connectivity index (χ3n) is 4.37. The lowest BCUT2D eigenvalue weighted by atomic mass is 10.1. The molecule has 0 aliphatic carbocycles. The molecule has 0 saturated heterocycles. The lowest BCUT2D eigenvalue weighted by Crippen LogP contribution is -2.16. The number of amides is 1. The zero-order chi connectivity index (χ0) is 19.8. The van der Waals surface area contributed by atoms with Gasteiger partial charge in [0, 0.05) is 23.9 Å². The Morgan fingerprint density at radius 3 is 2.37 bits per heavy atom. The first-order valence-corrected chi connectivity index (χ1v) is 9.62. The van der Waals surface area contributed by atoms with Crippen LogP contribution in [-0.4, -0.2) is 29.3 Å². The van der Waals surface area contributed by atoms with Gasteiger partial charge in [-0.15, -0.1) is 5.10 Å². The summed E-state index contributed by atoms with van der Waals surface area (Å²) >= 11 is 0. The van der Waals surface area contributed by atoms with E-state index in [0.717, 1.165) is 22.4 Å². The summed E-state index contributed by atoms with van der Waals surface area (Å²) in [4.78, 5) is 12.5. The van der Waals surface area contributed by atoms with Crippen molar-refractivity contribution in [3.8, 4) is 11.3 Å². The number of aromatic nitrogens is 3. The fourth-order valence-electron chi connectivity index (χ4n) is 2.66. The van der Waals surface area contributed by atoms with Crippen LogP contribution in [0.25, 0.3) is 11.3 Å². The molecular weight excluding hydrogens is 366 g/mol. The molecule has 0 radical (unpaired) electrons. The molecule has 0 bridgehead atoms. The molecule has 27 heavy (non-hydrogen) atoms. The van der Waals surface area contributed by atoms with Crippen molar-refractivity contribution in [3.63, 3.8) is 0 Å². The van der Waals surface area contributed by atoms with E-state index in [1.807, 2.05) is 0 Å². The van der Waals surface area contributed by atoms with Crippen molar-refractivity contribution in [1.82, 2.24) is 15.0 Å². The summed E-state index contributed by atoms with van der Waals surface area (Å²) in [5.74, 6) is -0.348. The highest BCUT2D eigenvalue weighted by molar-refractivity contribution is 7.89. The summed E-state index contributed by atoms with van der Waals surface area (Å²) in [6, 6.07) is 9.81. The molecule has 0 aliphatic heterocycles. The normalized spacial score (nSPS) is 11.4. The Labute approximate surface area is 157 Å². The van der Waals surface area contributed by atoms with E-state index in [0.29, 0.717) is 11.3 Å². The average molecular weight is 385 g/mol. The molecule has 1 aromatic heterocycles. The van der Waals surface area contributed by atoms with Gasteiger partial charge in [0.25, 0.3) is 5.91 Å². The number of rotatable bonds is 4. The van der Waals surface area contributed by atoms with E-state index in [-0.39, 0.29) is 10.8 Å². The molecule has 0 fully saturated rings. The molecule has 0 aliphatic rings. The number of carbonyl (C=O) groups is 1. The molecule has 8 nitrogen and oxygen atoms in total. The second-order valence-electron chi connectivity index (χ2n) is 6.23. The number of hydrogen-bond acceptors (Lipinski definition) is 5. The van der Waals surface area contributed by atoms with Crippen molar-refractivity contribution in [2.75, 3.05) is 5.32 Å². The van der Waals surface area contributed by atoms with E-state index >= 15 is 0 Å². The van der Waals surface area contributed by atoms with Crippen LogP contribution in [0.3, 0.4) is 0 Å². The number of nitrogens with zero attached hydrogens (tertiary/aromatic N) is 3. The summed E-state index contributed by atoms with van der Waals surface area (Å²) in [7, 11) is -2.08. The van der Waals surface area contributed by atoms with Gasteiger partial charge < -0.3 is 5.32 Å². The van der Waals surface area contributed by atoms with Crippen LogP contribution < -0.4 is 10.5 Å². The minimum Gasteiger partial charge on any atom is -0.322 e. The van der Waals surface area contributed by atoms with E-state index in [1.54, 1.807) is 56.0 Å². The van der Waals surface area contributed by atoms with Crippen molar-refractivity contribution < 1.29 is 13.2 Å². The lowest BCUT2D eigenvalue weighted by Gasteiger charge is -2.13. The van der Waals surface area contributed by atoms with Gasteiger partial charge >= 0.3 is 0 Å². The summed E-state index contributed by atoms with van der Waals surface area (Å²) in [6.45, 7) is 3.56. The molecule has 1 amide bonds. The van der Waals surface area contributed by atoms with E-state index in [2.05, 4.69) is 15.6 Å². The quantitative estimate of drug-likeness (QED) is 0.712. The van der Waals surface area contributed by atoms with Crippen molar-refractivity contribution >= 4 is 21.6 Å². The second kappa shape index (κ2) is 6.93. The maximum absolute atomic E-state index is 12.6. The number of primary sulfonamides is 1. The molecule has 1 heterocycles. The Bertz CT molecular complexity index is 1120. The van der Waals surface area contributed by atoms with Crippen LogP contribution in [-0.2, 0) is 17.1 Å². The minimum absolute atomic E-state index is 0.0417. The number of hydrogen-bond donors (Lipinski definition) is 2. The van der Waals surface area contributed by atoms with Crippen molar-refractivity contribution in [3.05, 3.63) is 59.3 Å². The summed E-state index contributed by atoms with van der Waals surface area (Å²) in [5, 5.41) is 15.7. The first kappa shape index (κ1) is 18.7. The first-order valence-electron chi connectivity index (χ1n) is 8.07. The van der Waals surface area contributed by atoms with E-state index < -0.39 is 10.0 Å². The molecule has 0 saturated carbocycles. The Balaban J connectivity index is 1.88. The summed E-state index contributed by atoms with van der Waals surface area (Å²) < 4.78 is 24.9. The number of aryl methyl sites for hydroxylation is 2. The van der Waals surface area contributed by atoms with Gasteiger partial charge in [-0.3, -0.25) is 4.79 Å². The molecular formula is C18H19N5O3S. The molecule has 0 unspecified atom stereocenters. The van der Waals surface area contributed by atoms with Crippen molar-refractivity contribution in [2.24, 2.45) is 12.2 Å². The van der Waals surface area contributed by atoms with E-state index in [9.17, 15) is 13.2 Å². The van der Waals surface area contributed by atoms with Gasteiger partial charge in [0.2, 0.25) is 10.0 Å². The maximum Gasteiger partial charge on any atom is 0.255 e. The highest BCUT2D eigenvalue weighted by atomic mass is 32.2. The van der Waals surface area contributed by atoms with Crippen molar-refractivity contribution in [1.29, 1.82) is 0 Å². The molecule has 0 atom stereocenters. The first-order chi connectivity index (χ1) is 12.7. The number of sulfonamides is 1. The zero-order valence-electron chi connectivity index (χ0n) is 15.1. The van der Waals surface area contributed by atoms with Gasteiger partial charge in [0.15, 0.2) is 0 Å². The number of benzene rings is 2. The predicted octanol–water partition coefficient (Wildman–Crippen LogP) is 2.00. The highest BCUT2D eigenvalue weighted by Gasteiger charge is 2.15. The third-order valence-corrected chi connectivity index (χ3v) is 5.27. The highest BCUT2D eigenvalue weighted by Crippen LogP contribution is 2.24. The molecule has 3 rings (SSSR count). The van der Waals surface area contributed by atoms with E-state index in [4.69, 9.17) is 5.14 Å². The Kier molecular flexibility index (Phi) is 4.81. The molecule has 3 aromatic rings. The number of nitrogens with two attached hydrogens (primary N) is 1. The molecule has 9 heteroatoms. The molecule has 0 spiro atoms. The fourth-order valence-corrected chi connectivity index (χ4v) is 3.28. The van der Waals surface area contributed by atoms with Crippen LogP contribution in [0.4, 0.5) is 5.69 Å². The number of nitrogens with one attached hydrogen (secondary N) is 1. The van der Waals surface area contributed by atoms with Gasteiger partial charge in [-0.25, -0.2) is 18.2 Å². The van der Waals surface area contributed by atoms with Gasteiger partial charge in [0.05, 0.1) is 16.8 Å². The second-order valence-corrected chi connectivity index (χ2v) is 7.79. The van der Waals surface area contributed by atoms with Gasteiger partial charge in [-0.1, -0.05) is 17.3 Å². The monoisotopic (exact) mass is 385 g/mol. The number of carbonyl (C=O) groups excluding carboxylic acids is 1. The Morgan fingerprint density at radius 1 is 1.15 bits per heavy atom. The summed E-state index contributed by atoms with van der Waals surface area (Å²) in [5.41, 5.74) is 4.04. The number of anilines is 1.